The molecule has 1 unspecified atom stereocenters. The standard InChI is InChI=1S/C25H34N2O2S/c1-17(2)26-25(29)21(6)27(14-22-9-7-8-18(3)11-22)24(28)16-30-15-23-12-19(4)10-20(5)13-23/h7-13,17,21H,14-16H2,1-6H3,(H,26,29). The molecule has 0 fully saturated rings. The number of hydrogen-bond acceptors (Lipinski definition) is 3. The molecule has 2 aromatic carbocycles. The third kappa shape index (κ3) is 7.52. The van der Waals surface area contributed by atoms with Crippen LogP contribution in [0.5, 0.6) is 0 Å². The van der Waals surface area contributed by atoms with Crippen LogP contribution < -0.4 is 5.32 Å². The molecule has 0 aliphatic heterocycles. The van der Waals surface area contributed by atoms with E-state index in [1.54, 1.807) is 23.6 Å². The summed E-state index contributed by atoms with van der Waals surface area (Å²) < 4.78 is 0. The monoisotopic (exact) mass is 426 g/mol. The number of carbonyl (C=O) groups is 2. The maximum absolute atomic E-state index is 13.1. The van der Waals surface area contributed by atoms with Crippen LogP contribution in [-0.4, -0.2) is 34.6 Å². The molecule has 4 nitrogen and oxygen atoms in total. The fourth-order valence-corrected chi connectivity index (χ4v) is 4.33. The largest absolute Gasteiger partial charge is 0.352 e. The summed E-state index contributed by atoms with van der Waals surface area (Å²) in [5.74, 6) is 0.986. The Kier molecular flexibility index (Phi) is 8.97. The minimum absolute atomic E-state index is 0.0164. The zero-order valence-electron chi connectivity index (χ0n) is 19.0. The van der Waals surface area contributed by atoms with Gasteiger partial charge in [-0.3, -0.25) is 9.59 Å². The molecule has 2 aromatic rings. The number of nitrogens with zero attached hydrogens (tertiary/aromatic N) is 1. The van der Waals surface area contributed by atoms with Crippen molar-refractivity contribution >= 4 is 23.6 Å². The summed E-state index contributed by atoms with van der Waals surface area (Å²) in [5, 5.41) is 2.93. The lowest BCUT2D eigenvalue weighted by molar-refractivity contribution is -0.138. The molecule has 2 rings (SSSR count). The normalized spacial score (nSPS) is 12.0. The highest BCUT2D eigenvalue weighted by molar-refractivity contribution is 7.99. The molecule has 0 spiro atoms. The molecule has 5 heteroatoms. The Hall–Kier alpha value is -2.27. The van der Waals surface area contributed by atoms with Crippen LogP contribution in [0.15, 0.2) is 42.5 Å². The van der Waals surface area contributed by atoms with Gasteiger partial charge in [0, 0.05) is 18.3 Å². The van der Waals surface area contributed by atoms with E-state index >= 15 is 0 Å². The summed E-state index contributed by atoms with van der Waals surface area (Å²) in [6.45, 7) is 12.3. The number of aryl methyl sites for hydroxylation is 3. The Labute approximate surface area is 185 Å². The van der Waals surface area contributed by atoms with Crippen molar-refractivity contribution in [2.75, 3.05) is 5.75 Å². The third-order valence-electron chi connectivity index (χ3n) is 4.81. The van der Waals surface area contributed by atoms with Gasteiger partial charge in [0.05, 0.1) is 5.75 Å². The molecule has 0 bridgehead atoms. The zero-order valence-corrected chi connectivity index (χ0v) is 19.8. The van der Waals surface area contributed by atoms with Crippen LogP contribution in [0.4, 0.5) is 0 Å². The van der Waals surface area contributed by atoms with Crippen molar-refractivity contribution in [3.05, 3.63) is 70.3 Å². The number of rotatable bonds is 9. The number of benzene rings is 2. The number of thioether (sulfide) groups is 1. The van der Waals surface area contributed by atoms with Crippen molar-refractivity contribution in [3.8, 4) is 0 Å². The van der Waals surface area contributed by atoms with Gasteiger partial charge in [-0.05, 0) is 52.7 Å². The molecular formula is C25H34N2O2S. The molecule has 0 saturated carbocycles. The third-order valence-corrected chi connectivity index (χ3v) is 5.80. The van der Waals surface area contributed by atoms with Gasteiger partial charge in [0.2, 0.25) is 11.8 Å². The minimum Gasteiger partial charge on any atom is -0.352 e. The van der Waals surface area contributed by atoms with Crippen molar-refractivity contribution in [3.63, 3.8) is 0 Å². The van der Waals surface area contributed by atoms with Gasteiger partial charge in [-0.25, -0.2) is 0 Å². The highest BCUT2D eigenvalue weighted by atomic mass is 32.2. The maximum atomic E-state index is 13.1. The molecule has 0 aliphatic rings. The van der Waals surface area contributed by atoms with Crippen LogP contribution in [0.3, 0.4) is 0 Å². The second-order valence-electron chi connectivity index (χ2n) is 8.34. The van der Waals surface area contributed by atoms with Crippen LogP contribution in [0.1, 0.15) is 48.6 Å². The van der Waals surface area contributed by atoms with Gasteiger partial charge >= 0.3 is 0 Å². The Bertz CT molecular complexity index is 859. The van der Waals surface area contributed by atoms with E-state index in [0.717, 1.165) is 16.9 Å². The average Bonchev–Trinajstić information content (AvgIpc) is 2.64. The number of nitrogens with one attached hydrogen (secondary N) is 1. The molecule has 0 saturated heterocycles. The van der Waals surface area contributed by atoms with Crippen molar-refractivity contribution in [1.29, 1.82) is 0 Å². The molecule has 162 valence electrons. The van der Waals surface area contributed by atoms with Crippen molar-refractivity contribution < 1.29 is 9.59 Å². The summed E-state index contributed by atoms with van der Waals surface area (Å²) in [4.78, 5) is 27.4. The van der Waals surface area contributed by atoms with Crippen LogP contribution in [0.2, 0.25) is 0 Å². The van der Waals surface area contributed by atoms with Crippen molar-refractivity contribution in [2.45, 2.75) is 65.9 Å². The molecule has 1 atom stereocenters. The molecule has 2 amide bonds. The molecule has 0 heterocycles. The predicted molar refractivity (Wildman–Crippen MR) is 127 cm³/mol. The van der Waals surface area contributed by atoms with Crippen LogP contribution in [-0.2, 0) is 21.9 Å². The van der Waals surface area contributed by atoms with Gasteiger partial charge in [0.15, 0.2) is 0 Å². The van der Waals surface area contributed by atoms with Crippen molar-refractivity contribution in [2.24, 2.45) is 0 Å². The lowest BCUT2D eigenvalue weighted by atomic mass is 10.1. The molecule has 0 radical (unpaired) electrons. The lowest BCUT2D eigenvalue weighted by Crippen LogP contribution is -2.49. The van der Waals surface area contributed by atoms with Crippen molar-refractivity contribution in [1.82, 2.24) is 10.2 Å². The Balaban J connectivity index is 2.09. The van der Waals surface area contributed by atoms with E-state index in [2.05, 4.69) is 43.4 Å². The van der Waals surface area contributed by atoms with Gasteiger partial charge in [-0.1, -0.05) is 59.2 Å². The Morgan fingerprint density at radius 2 is 1.57 bits per heavy atom. The quantitative estimate of drug-likeness (QED) is 0.627. The lowest BCUT2D eigenvalue weighted by Gasteiger charge is -2.29. The average molecular weight is 427 g/mol. The van der Waals surface area contributed by atoms with Gasteiger partial charge < -0.3 is 10.2 Å². The Morgan fingerprint density at radius 3 is 2.17 bits per heavy atom. The van der Waals surface area contributed by atoms with E-state index in [0.29, 0.717) is 12.3 Å². The summed E-state index contributed by atoms with van der Waals surface area (Å²) in [6.07, 6.45) is 0. The SMILES string of the molecule is Cc1cc(C)cc(CSCC(=O)N(Cc2cccc(C)c2)C(C)C(=O)NC(C)C)c1. The summed E-state index contributed by atoms with van der Waals surface area (Å²) in [5.41, 5.74) is 5.87. The summed E-state index contributed by atoms with van der Waals surface area (Å²) >= 11 is 1.59. The fourth-order valence-electron chi connectivity index (χ4n) is 3.49. The first-order valence-electron chi connectivity index (χ1n) is 10.5. The molecule has 30 heavy (non-hydrogen) atoms. The van der Waals surface area contributed by atoms with Gasteiger partial charge in [0.25, 0.3) is 0 Å². The van der Waals surface area contributed by atoms with Gasteiger partial charge in [-0.15, -0.1) is 11.8 Å². The molecule has 1 N–H and O–H groups in total. The van der Waals surface area contributed by atoms with Crippen LogP contribution in [0.25, 0.3) is 0 Å². The smallest absolute Gasteiger partial charge is 0.242 e. The number of amides is 2. The predicted octanol–water partition coefficient (Wildman–Crippen LogP) is 4.79. The first-order valence-corrected chi connectivity index (χ1v) is 11.6. The maximum Gasteiger partial charge on any atom is 0.242 e. The van der Waals surface area contributed by atoms with E-state index in [9.17, 15) is 9.59 Å². The second-order valence-corrected chi connectivity index (χ2v) is 9.32. The van der Waals surface area contributed by atoms with Gasteiger partial charge in [0.1, 0.15) is 6.04 Å². The number of carbonyl (C=O) groups excluding carboxylic acids is 2. The van der Waals surface area contributed by atoms with E-state index in [-0.39, 0.29) is 17.9 Å². The fraction of sp³-hybridized carbons (Fsp3) is 0.440. The second kappa shape index (κ2) is 11.2. The number of hydrogen-bond donors (Lipinski definition) is 1. The molecular weight excluding hydrogens is 392 g/mol. The first kappa shape index (κ1) is 24.0. The topological polar surface area (TPSA) is 49.4 Å². The molecule has 0 aromatic heterocycles. The van der Waals surface area contributed by atoms with Crippen LogP contribution in [0, 0.1) is 20.8 Å². The van der Waals surface area contributed by atoms with Gasteiger partial charge in [-0.2, -0.15) is 0 Å². The Morgan fingerprint density at radius 1 is 0.933 bits per heavy atom. The molecule has 0 aliphatic carbocycles. The van der Waals surface area contributed by atoms with E-state index in [1.807, 2.05) is 39.0 Å². The van der Waals surface area contributed by atoms with E-state index < -0.39 is 6.04 Å². The van der Waals surface area contributed by atoms with E-state index in [4.69, 9.17) is 0 Å². The minimum atomic E-state index is -0.526. The first-order chi connectivity index (χ1) is 14.2. The van der Waals surface area contributed by atoms with Crippen LogP contribution >= 0.6 is 11.8 Å². The highest BCUT2D eigenvalue weighted by Gasteiger charge is 2.26. The highest BCUT2D eigenvalue weighted by Crippen LogP contribution is 2.18. The zero-order chi connectivity index (χ0) is 22.3. The summed E-state index contributed by atoms with van der Waals surface area (Å²) in [7, 11) is 0. The van der Waals surface area contributed by atoms with E-state index in [1.165, 1.54) is 16.7 Å². The summed E-state index contributed by atoms with van der Waals surface area (Å²) in [6, 6.07) is 14.1.